The molecule has 15 heavy (non-hydrogen) atoms. The summed E-state index contributed by atoms with van der Waals surface area (Å²) in [6, 6.07) is 0.473. The van der Waals surface area contributed by atoms with Crippen molar-refractivity contribution in [1.29, 1.82) is 0 Å². The Morgan fingerprint density at radius 2 is 1.73 bits per heavy atom. The van der Waals surface area contributed by atoms with E-state index in [-0.39, 0.29) is 0 Å². The Kier molecular flexibility index (Phi) is 3.68. The van der Waals surface area contributed by atoms with Gasteiger partial charge in [0.15, 0.2) is 0 Å². The first kappa shape index (κ1) is 11.4. The highest BCUT2D eigenvalue weighted by Gasteiger charge is 2.30. The molecule has 88 valence electrons. The average molecular weight is 210 g/mol. The molecule has 2 rings (SSSR count). The Balaban J connectivity index is 1.80. The normalized spacial score (nSPS) is 29.2. The summed E-state index contributed by atoms with van der Waals surface area (Å²) >= 11 is 0. The van der Waals surface area contributed by atoms with Gasteiger partial charge >= 0.3 is 0 Å². The summed E-state index contributed by atoms with van der Waals surface area (Å²) in [5.74, 6) is 0. The molecule has 1 aliphatic carbocycles. The molecule has 1 saturated carbocycles. The molecule has 0 aromatic rings. The molecule has 0 aromatic heterocycles. The molecule has 2 heteroatoms. The van der Waals surface area contributed by atoms with Crippen molar-refractivity contribution in [3.8, 4) is 0 Å². The van der Waals surface area contributed by atoms with E-state index in [2.05, 4.69) is 11.8 Å². The summed E-state index contributed by atoms with van der Waals surface area (Å²) in [5, 5.41) is 0. The van der Waals surface area contributed by atoms with Crippen molar-refractivity contribution in [1.82, 2.24) is 4.90 Å². The average Bonchev–Trinajstić information content (AvgIpc) is 2.22. The first-order valence-electron chi connectivity index (χ1n) is 6.66. The SMILES string of the molecule is CC1(CN2CCC(N)CC2)CCCCC1. The van der Waals surface area contributed by atoms with Crippen molar-refractivity contribution in [3.63, 3.8) is 0 Å². The van der Waals surface area contributed by atoms with Crippen LogP contribution in [0.15, 0.2) is 0 Å². The topological polar surface area (TPSA) is 29.3 Å². The quantitative estimate of drug-likeness (QED) is 0.758. The van der Waals surface area contributed by atoms with Crippen molar-refractivity contribution in [2.75, 3.05) is 19.6 Å². The van der Waals surface area contributed by atoms with Gasteiger partial charge in [-0.3, -0.25) is 0 Å². The van der Waals surface area contributed by atoms with Gasteiger partial charge in [0.25, 0.3) is 0 Å². The summed E-state index contributed by atoms with van der Waals surface area (Å²) < 4.78 is 0. The molecule has 0 bridgehead atoms. The van der Waals surface area contributed by atoms with Gasteiger partial charge in [-0.1, -0.05) is 26.2 Å². The lowest BCUT2D eigenvalue weighted by Crippen LogP contribution is -2.44. The number of piperidine rings is 1. The predicted octanol–water partition coefficient (Wildman–Crippen LogP) is 2.38. The standard InChI is InChI=1S/C13H26N2/c1-13(7-3-2-4-8-13)11-15-9-5-12(14)6-10-15/h12H,2-11,14H2,1H3. The molecule has 1 saturated heterocycles. The van der Waals surface area contributed by atoms with Gasteiger partial charge in [-0.25, -0.2) is 0 Å². The fraction of sp³-hybridized carbons (Fsp3) is 1.00. The van der Waals surface area contributed by atoms with E-state index >= 15 is 0 Å². The summed E-state index contributed by atoms with van der Waals surface area (Å²) in [4.78, 5) is 2.65. The minimum atomic E-state index is 0.473. The van der Waals surface area contributed by atoms with Crippen LogP contribution in [0.4, 0.5) is 0 Å². The number of nitrogens with two attached hydrogens (primary N) is 1. The first-order chi connectivity index (χ1) is 7.18. The molecule has 0 spiro atoms. The zero-order chi connectivity index (χ0) is 10.7. The lowest BCUT2D eigenvalue weighted by atomic mass is 9.75. The van der Waals surface area contributed by atoms with Gasteiger partial charge in [-0.05, 0) is 44.2 Å². The summed E-state index contributed by atoms with van der Waals surface area (Å²) in [5.41, 5.74) is 6.55. The van der Waals surface area contributed by atoms with Gasteiger partial charge in [0.2, 0.25) is 0 Å². The van der Waals surface area contributed by atoms with Gasteiger partial charge in [0, 0.05) is 12.6 Å². The maximum absolute atomic E-state index is 5.94. The Hall–Kier alpha value is -0.0800. The van der Waals surface area contributed by atoms with E-state index < -0.39 is 0 Å². The van der Waals surface area contributed by atoms with Crippen LogP contribution in [0.3, 0.4) is 0 Å². The van der Waals surface area contributed by atoms with Crippen molar-refractivity contribution in [2.24, 2.45) is 11.1 Å². The van der Waals surface area contributed by atoms with E-state index in [0.29, 0.717) is 11.5 Å². The predicted molar refractivity (Wildman–Crippen MR) is 64.8 cm³/mol. The lowest BCUT2D eigenvalue weighted by Gasteiger charge is -2.40. The molecule has 1 heterocycles. The molecule has 0 atom stereocenters. The van der Waals surface area contributed by atoms with Crippen LogP contribution in [0.2, 0.25) is 0 Å². The molecule has 2 fully saturated rings. The van der Waals surface area contributed by atoms with Gasteiger partial charge in [0.1, 0.15) is 0 Å². The van der Waals surface area contributed by atoms with Gasteiger partial charge < -0.3 is 10.6 Å². The number of hydrogen-bond acceptors (Lipinski definition) is 2. The minimum absolute atomic E-state index is 0.473. The van der Waals surface area contributed by atoms with E-state index in [0.717, 1.165) is 0 Å². The van der Waals surface area contributed by atoms with Crippen LogP contribution >= 0.6 is 0 Å². The summed E-state index contributed by atoms with van der Waals surface area (Å²) in [6.07, 6.45) is 9.64. The van der Waals surface area contributed by atoms with Crippen LogP contribution in [0.5, 0.6) is 0 Å². The van der Waals surface area contributed by atoms with E-state index in [1.807, 2.05) is 0 Å². The Morgan fingerprint density at radius 1 is 1.13 bits per heavy atom. The van der Waals surface area contributed by atoms with E-state index in [9.17, 15) is 0 Å². The molecule has 0 aromatic carbocycles. The Labute approximate surface area is 94.2 Å². The molecule has 0 radical (unpaired) electrons. The maximum atomic E-state index is 5.94. The monoisotopic (exact) mass is 210 g/mol. The molecule has 2 nitrogen and oxygen atoms in total. The van der Waals surface area contributed by atoms with Crippen LogP contribution in [0, 0.1) is 5.41 Å². The zero-order valence-corrected chi connectivity index (χ0v) is 10.2. The molecule has 0 unspecified atom stereocenters. The summed E-state index contributed by atoms with van der Waals surface area (Å²) in [6.45, 7) is 6.27. The number of likely N-dealkylation sites (tertiary alicyclic amines) is 1. The Morgan fingerprint density at radius 3 is 2.33 bits per heavy atom. The molecular weight excluding hydrogens is 184 g/mol. The smallest absolute Gasteiger partial charge is 0.00631 e. The number of nitrogens with zero attached hydrogens (tertiary/aromatic N) is 1. The molecule has 0 amide bonds. The zero-order valence-electron chi connectivity index (χ0n) is 10.2. The van der Waals surface area contributed by atoms with E-state index in [1.54, 1.807) is 0 Å². The van der Waals surface area contributed by atoms with Crippen LogP contribution < -0.4 is 5.73 Å². The molecule has 2 aliphatic rings. The van der Waals surface area contributed by atoms with E-state index in [1.165, 1.54) is 64.6 Å². The van der Waals surface area contributed by atoms with Crippen molar-refractivity contribution < 1.29 is 0 Å². The second kappa shape index (κ2) is 4.84. The highest BCUT2D eigenvalue weighted by Crippen LogP contribution is 2.36. The number of rotatable bonds is 2. The Bertz CT molecular complexity index is 189. The lowest BCUT2D eigenvalue weighted by molar-refractivity contribution is 0.102. The van der Waals surface area contributed by atoms with Gasteiger partial charge in [-0.2, -0.15) is 0 Å². The third-order valence-electron chi connectivity index (χ3n) is 4.30. The van der Waals surface area contributed by atoms with Gasteiger partial charge in [-0.15, -0.1) is 0 Å². The first-order valence-corrected chi connectivity index (χ1v) is 6.66. The van der Waals surface area contributed by atoms with Crippen LogP contribution in [-0.4, -0.2) is 30.6 Å². The highest BCUT2D eigenvalue weighted by atomic mass is 15.1. The van der Waals surface area contributed by atoms with E-state index in [4.69, 9.17) is 5.73 Å². The third-order valence-corrected chi connectivity index (χ3v) is 4.30. The van der Waals surface area contributed by atoms with Crippen LogP contribution in [0.25, 0.3) is 0 Å². The third kappa shape index (κ3) is 3.18. The maximum Gasteiger partial charge on any atom is 0.00631 e. The minimum Gasteiger partial charge on any atom is -0.328 e. The fourth-order valence-corrected chi connectivity index (χ4v) is 3.21. The van der Waals surface area contributed by atoms with Crippen LogP contribution in [0.1, 0.15) is 51.9 Å². The molecular formula is C13H26N2. The summed E-state index contributed by atoms with van der Waals surface area (Å²) in [7, 11) is 0. The largest absolute Gasteiger partial charge is 0.328 e. The van der Waals surface area contributed by atoms with Crippen LogP contribution in [-0.2, 0) is 0 Å². The van der Waals surface area contributed by atoms with Crippen molar-refractivity contribution >= 4 is 0 Å². The van der Waals surface area contributed by atoms with Crippen molar-refractivity contribution in [2.45, 2.75) is 57.9 Å². The van der Waals surface area contributed by atoms with Gasteiger partial charge in [0.05, 0.1) is 0 Å². The molecule has 1 aliphatic heterocycles. The highest BCUT2D eigenvalue weighted by molar-refractivity contribution is 4.84. The number of hydrogen-bond donors (Lipinski definition) is 1. The molecule has 2 N–H and O–H groups in total. The second-order valence-corrected chi connectivity index (χ2v) is 5.98. The fourth-order valence-electron chi connectivity index (χ4n) is 3.21. The second-order valence-electron chi connectivity index (χ2n) is 5.98. The van der Waals surface area contributed by atoms with Crippen molar-refractivity contribution in [3.05, 3.63) is 0 Å².